The van der Waals surface area contributed by atoms with Gasteiger partial charge in [0.25, 0.3) is 0 Å². The van der Waals surface area contributed by atoms with Crippen molar-refractivity contribution >= 4 is 33.3 Å². The van der Waals surface area contributed by atoms with Crippen molar-refractivity contribution in [2.75, 3.05) is 5.75 Å². The lowest BCUT2D eigenvalue weighted by atomic mass is 10.4. The van der Waals surface area contributed by atoms with Crippen molar-refractivity contribution in [3.05, 3.63) is 17.8 Å². The molecular formula is C10H9N3S2. The van der Waals surface area contributed by atoms with Gasteiger partial charge >= 0.3 is 0 Å². The van der Waals surface area contributed by atoms with Gasteiger partial charge in [0.15, 0.2) is 0 Å². The first kappa shape index (κ1) is 10.4. The van der Waals surface area contributed by atoms with E-state index in [0.717, 1.165) is 27.4 Å². The van der Waals surface area contributed by atoms with Gasteiger partial charge in [-0.3, -0.25) is 0 Å². The van der Waals surface area contributed by atoms with E-state index < -0.39 is 0 Å². The quantitative estimate of drug-likeness (QED) is 0.464. The van der Waals surface area contributed by atoms with Gasteiger partial charge in [-0.05, 0) is 17.9 Å². The van der Waals surface area contributed by atoms with Crippen LogP contribution in [0.25, 0.3) is 10.2 Å². The minimum absolute atomic E-state index is 0.616. The lowest BCUT2D eigenvalue weighted by Gasteiger charge is -1.99. The normalized spacial score (nSPS) is 10.3. The molecule has 0 saturated carbocycles. The molecule has 2 rings (SSSR count). The Labute approximate surface area is 96.2 Å². The van der Waals surface area contributed by atoms with Crippen LogP contribution in [0.15, 0.2) is 22.8 Å². The number of thiophene rings is 1. The zero-order valence-electron chi connectivity index (χ0n) is 8.01. The van der Waals surface area contributed by atoms with Gasteiger partial charge in [0.05, 0.1) is 6.07 Å². The Hall–Kier alpha value is -1.12. The molecular weight excluding hydrogens is 226 g/mol. The fourth-order valence-electron chi connectivity index (χ4n) is 1.20. The van der Waals surface area contributed by atoms with Crippen molar-refractivity contribution in [2.24, 2.45) is 0 Å². The number of hydrogen-bond donors (Lipinski definition) is 0. The Morgan fingerprint density at radius 3 is 3.27 bits per heavy atom. The number of rotatable bonds is 4. The predicted molar refractivity (Wildman–Crippen MR) is 63.0 cm³/mol. The Bertz CT molecular complexity index is 487. The van der Waals surface area contributed by atoms with Gasteiger partial charge in [-0.25, -0.2) is 9.97 Å². The second-order valence-corrected chi connectivity index (χ2v) is 4.91. The largest absolute Gasteiger partial charge is 0.229 e. The maximum absolute atomic E-state index is 8.42. The lowest BCUT2D eigenvalue weighted by molar-refractivity contribution is 0.977. The third-order valence-corrected chi connectivity index (χ3v) is 3.81. The van der Waals surface area contributed by atoms with Gasteiger partial charge in [0, 0.05) is 17.6 Å². The first-order chi connectivity index (χ1) is 7.42. The summed E-state index contributed by atoms with van der Waals surface area (Å²) in [6.07, 6.45) is 3.13. The summed E-state index contributed by atoms with van der Waals surface area (Å²) in [5.74, 6) is 0.940. The fourth-order valence-corrected chi connectivity index (χ4v) is 2.92. The topological polar surface area (TPSA) is 49.6 Å². The number of nitrogens with zero attached hydrogens (tertiary/aromatic N) is 3. The number of nitriles is 1. The van der Waals surface area contributed by atoms with Gasteiger partial charge in [-0.2, -0.15) is 5.26 Å². The molecule has 2 heterocycles. The molecule has 15 heavy (non-hydrogen) atoms. The summed E-state index contributed by atoms with van der Waals surface area (Å²) in [6.45, 7) is 0. The Kier molecular flexibility index (Phi) is 3.54. The molecule has 5 heteroatoms. The van der Waals surface area contributed by atoms with E-state index in [9.17, 15) is 0 Å². The average molecular weight is 235 g/mol. The molecule has 0 aromatic carbocycles. The van der Waals surface area contributed by atoms with Gasteiger partial charge in [-0.15, -0.1) is 23.1 Å². The zero-order chi connectivity index (χ0) is 10.5. The highest BCUT2D eigenvalue weighted by atomic mass is 32.2. The van der Waals surface area contributed by atoms with Crippen LogP contribution in [-0.4, -0.2) is 15.7 Å². The number of thioether (sulfide) groups is 1. The van der Waals surface area contributed by atoms with Crippen molar-refractivity contribution in [3.63, 3.8) is 0 Å². The molecule has 2 aromatic rings. The van der Waals surface area contributed by atoms with Crippen LogP contribution in [0.3, 0.4) is 0 Å². The maximum Gasteiger partial charge on any atom is 0.127 e. The standard InChI is InChI=1S/C10H9N3S2/c11-4-1-2-5-14-9-8-3-6-15-10(8)13-7-12-9/h3,6-7H,1-2,5H2. The molecule has 0 aliphatic carbocycles. The van der Waals surface area contributed by atoms with E-state index in [0.29, 0.717) is 6.42 Å². The summed E-state index contributed by atoms with van der Waals surface area (Å²) in [5, 5.41) is 12.6. The van der Waals surface area contributed by atoms with Crippen LogP contribution < -0.4 is 0 Å². The second kappa shape index (κ2) is 5.10. The van der Waals surface area contributed by atoms with E-state index in [1.165, 1.54) is 0 Å². The summed E-state index contributed by atoms with van der Waals surface area (Å²) >= 11 is 3.33. The summed E-state index contributed by atoms with van der Waals surface area (Å²) in [5.41, 5.74) is 0. The van der Waals surface area contributed by atoms with Gasteiger partial charge in [0.1, 0.15) is 16.2 Å². The van der Waals surface area contributed by atoms with Crippen LogP contribution in [-0.2, 0) is 0 Å². The molecule has 0 spiro atoms. The highest BCUT2D eigenvalue weighted by Gasteiger charge is 2.04. The van der Waals surface area contributed by atoms with Crippen LogP contribution in [0.1, 0.15) is 12.8 Å². The smallest absolute Gasteiger partial charge is 0.127 e. The van der Waals surface area contributed by atoms with Crippen molar-refractivity contribution in [2.45, 2.75) is 17.9 Å². The number of fused-ring (bicyclic) bond motifs is 1. The fraction of sp³-hybridized carbons (Fsp3) is 0.300. The predicted octanol–water partition coefficient (Wildman–Crippen LogP) is 3.09. The number of unbranched alkanes of at least 4 members (excludes halogenated alkanes) is 1. The molecule has 0 saturated heterocycles. The highest BCUT2D eigenvalue weighted by molar-refractivity contribution is 7.99. The van der Waals surface area contributed by atoms with Crippen LogP contribution in [0.2, 0.25) is 0 Å². The van der Waals surface area contributed by atoms with Crippen LogP contribution >= 0.6 is 23.1 Å². The second-order valence-electron chi connectivity index (χ2n) is 2.93. The molecule has 0 bridgehead atoms. The SMILES string of the molecule is N#CCCCSc1ncnc2sccc12. The van der Waals surface area contributed by atoms with Gasteiger partial charge in [0.2, 0.25) is 0 Å². The molecule has 0 unspecified atom stereocenters. The number of aromatic nitrogens is 2. The van der Waals surface area contributed by atoms with Crippen molar-refractivity contribution < 1.29 is 0 Å². The lowest BCUT2D eigenvalue weighted by Crippen LogP contribution is -1.85. The molecule has 0 aliphatic heterocycles. The van der Waals surface area contributed by atoms with E-state index in [-0.39, 0.29) is 0 Å². The van der Waals surface area contributed by atoms with Crippen molar-refractivity contribution in [1.82, 2.24) is 9.97 Å². The maximum atomic E-state index is 8.42. The first-order valence-electron chi connectivity index (χ1n) is 4.60. The minimum atomic E-state index is 0.616. The first-order valence-corrected chi connectivity index (χ1v) is 6.46. The summed E-state index contributed by atoms with van der Waals surface area (Å²) in [7, 11) is 0. The molecule has 3 nitrogen and oxygen atoms in total. The molecule has 0 amide bonds. The van der Waals surface area contributed by atoms with Crippen LogP contribution in [0.4, 0.5) is 0 Å². The average Bonchev–Trinajstić information content (AvgIpc) is 2.73. The molecule has 0 fully saturated rings. The summed E-state index contributed by atoms with van der Waals surface area (Å²) < 4.78 is 0. The molecule has 2 aromatic heterocycles. The third-order valence-electron chi connectivity index (χ3n) is 1.90. The third kappa shape index (κ3) is 2.46. The van der Waals surface area contributed by atoms with E-state index in [1.807, 2.05) is 11.4 Å². The van der Waals surface area contributed by atoms with E-state index in [4.69, 9.17) is 5.26 Å². The van der Waals surface area contributed by atoms with Crippen molar-refractivity contribution in [3.8, 4) is 6.07 Å². The minimum Gasteiger partial charge on any atom is -0.229 e. The molecule has 76 valence electrons. The molecule has 0 aliphatic rings. The summed E-state index contributed by atoms with van der Waals surface area (Å²) in [4.78, 5) is 9.48. The van der Waals surface area contributed by atoms with Crippen molar-refractivity contribution in [1.29, 1.82) is 5.26 Å². The van der Waals surface area contributed by atoms with E-state index in [2.05, 4.69) is 16.0 Å². The molecule has 0 N–H and O–H groups in total. The molecule has 0 atom stereocenters. The Balaban J connectivity index is 2.08. The highest BCUT2D eigenvalue weighted by Crippen LogP contribution is 2.27. The zero-order valence-corrected chi connectivity index (χ0v) is 9.64. The van der Waals surface area contributed by atoms with Gasteiger partial charge < -0.3 is 0 Å². The monoisotopic (exact) mass is 235 g/mol. The Morgan fingerprint density at radius 1 is 1.47 bits per heavy atom. The summed E-state index contributed by atoms with van der Waals surface area (Å²) in [6, 6.07) is 4.19. The van der Waals surface area contributed by atoms with Crippen LogP contribution in [0.5, 0.6) is 0 Å². The number of hydrogen-bond acceptors (Lipinski definition) is 5. The van der Waals surface area contributed by atoms with E-state index in [1.54, 1.807) is 29.4 Å². The Morgan fingerprint density at radius 2 is 2.40 bits per heavy atom. The van der Waals surface area contributed by atoms with Crippen LogP contribution in [0, 0.1) is 11.3 Å². The van der Waals surface area contributed by atoms with E-state index >= 15 is 0 Å². The molecule has 0 radical (unpaired) electrons. The van der Waals surface area contributed by atoms with Gasteiger partial charge in [-0.1, -0.05) is 0 Å².